The van der Waals surface area contributed by atoms with E-state index in [9.17, 15) is 8.42 Å². The third kappa shape index (κ3) is 3.23. The van der Waals surface area contributed by atoms with Crippen LogP contribution in [0.25, 0.3) is 0 Å². The Labute approximate surface area is 114 Å². The highest BCUT2D eigenvalue weighted by Gasteiger charge is 2.15. The topological polar surface area (TPSA) is 74.8 Å². The van der Waals surface area contributed by atoms with Crippen LogP contribution in [-0.2, 0) is 16.6 Å². The molecule has 0 aliphatic carbocycles. The predicted octanol–water partition coefficient (Wildman–Crippen LogP) is 2.20. The van der Waals surface area contributed by atoms with E-state index in [2.05, 4.69) is 14.7 Å². The molecule has 0 saturated carbocycles. The summed E-state index contributed by atoms with van der Waals surface area (Å²) in [5.41, 5.74) is 0. The number of benzene rings is 1. The third-order valence-corrected chi connectivity index (χ3v) is 3.95. The molecule has 8 heteroatoms. The van der Waals surface area contributed by atoms with Crippen molar-refractivity contribution < 1.29 is 8.42 Å². The molecule has 0 aliphatic heterocycles. The summed E-state index contributed by atoms with van der Waals surface area (Å²) in [6, 6.07) is 4.13. The monoisotopic (exact) mass is 305 g/mol. The van der Waals surface area contributed by atoms with Gasteiger partial charge in [-0.25, -0.2) is 18.1 Å². The smallest absolute Gasteiger partial charge is 0.241 e. The van der Waals surface area contributed by atoms with Crippen molar-refractivity contribution >= 4 is 33.2 Å². The molecule has 2 N–H and O–H groups in total. The lowest BCUT2D eigenvalue weighted by Crippen LogP contribution is -2.23. The Hall–Kier alpha value is -1.08. The Morgan fingerprint density at radius 2 is 1.89 bits per heavy atom. The van der Waals surface area contributed by atoms with Gasteiger partial charge in [0.25, 0.3) is 0 Å². The SMILES string of the molecule is O=S(=O)(NCc1ncc[nH]1)c1cc(Cl)cc(Cl)c1. The zero-order valence-electron chi connectivity index (χ0n) is 9.02. The van der Waals surface area contributed by atoms with Crippen LogP contribution < -0.4 is 4.72 Å². The molecule has 0 fully saturated rings. The van der Waals surface area contributed by atoms with E-state index >= 15 is 0 Å². The number of halogens is 2. The molecule has 0 atom stereocenters. The Kier molecular flexibility index (Phi) is 3.91. The van der Waals surface area contributed by atoms with Crippen LogP contribution in [0.15, 0.2) is 35.5 Å². The molecule has 1 aromatic carbocycles. The first-order chi connectivity index (χ1) is 8.47. The van der Waals surface area contributed by atoms with Crippen LogP contribution in [0.5, 0.6) is 0 Å². The van der Waals surface area contributed by atoms with E-state index in [0.29, 0.717) is 5.82 Å². The summed E-state index contributed by atoms with van der Waals surface area (Å²) in [5.74, 6) is 0.520. The highest BCUT2D eigenvalue weighted by Crippen LogP contribution is 2.22. The molecule has 18 heavy (non-hydrogen) atoms. The summed E-state index contributed by atoms with van der Waals surface area (Å²) in [5, 5.41) is 0.529. The number of imidazole rings is 1. The van der Waals surface area contributed by atoms with Crippen molar-refractivity contribution in [3.63, 3.8) is 0 Å². The fourth-order valence-electron chi connectivity index (χ4n) is 1.33. The van der Waals surface area contributed by atoms with Crippen LogP contribution in [0.4, 0.5) is 0 Å². The van der Waals surface area contributed by atoms with Gasteiger partial charge in [0.15, 0.2) is 0 Å². The van der Waals surface area contributed by atoms with Crippen LogP contribution in [0.2, 0.25) is 10.0 Å². The minimum atomic E-state index is -3.66. The van der Waals surface area contributed by atoms with E-state index in [1.807, 2.05) is 0 Å². The molecule has 96 valence electrons. The fraction of sp³-hybridized carbons (Fsp3) is 0.100. The second kappa shape index (κ2) is 5.27. The molecule has 0 aliphatic rings. The van der Waals surface area contributed by atoms with Gasteiger partial charge in [0.1, 0.15) is 5.82 Å². The van der Waals surface area contributed by atoms with Crippen molar-refractivity contribution in [3.8, 4) is 0 Å². The van der Waals surface area contributed by atoms with E-state index < -0.39 is 10.0 Å². The number of nitrogens with one attached hydrogen (secondary N) is 2. The molecular formula is C10H9Cl2N3O2S. The summed E-state index contributed by atoms with van der Waals surface area (Å²) < 4.78 is 26.3. The average Bonchev–Trinajstić information content (AvgIpc) is 2.78. The normalized spacial score (nSPS) is 11.7. The van der Waals surface area contributed by atoms with E-state index in [4.69, 9.17) is 23.2 Å². The third-order valence-electron chi connectivity index (χ3n) is 2.13. The molecule has 0 saturated heterocycles. The number of aromatic amines is 1. The van der Waals surface area contributed by atoms with Crippen molar-refractivity contribution in [2.24, 2.45) is 0 Å². The lowest BCUT2D eigenvalue weighted by Gasteiger charge is -2.06. The van der Waals surface area contributed by atoms with E-state index in [-0.39, 0.29) is 21.5 Å². The van der Waals surface area contributed by atoms with Crippen LogP contribution in [0, 0.1) is 0 Å². The van der Waals surface area contributed by atoms with Crippen molar-refractivity contribution in [1.82, 2.24) is 14.7 Å². The number of nitrogens with zero attached hydrogens (tertiary/aromatic N) is 1. The number of H-pyrrole nitrogens is 1. The van der Waals surface area contributed by atoms with Crippen LogP contribution >= 0.6 is 23.2 Å². The Morgan fingerprint density at radius 1 is 1.22 bits per heavy atom. The van der Waals surface area contributed by atoms with Crippen LogP contribution in [-0.4, -0.2) is 18.4 Å². The largest absolute Gasteiger partial charge is 0.347 e. The summed E-state index contributed by atoms with van der Waals surface area (Å²) in [7, 11) is -3.66. The second-order valence-electron chi connectivity index (χ2n) is 3.47. The zero-order valence-corrected chi connectivity index (χ0v) is 11.4. The molecule has 5 nitrogen and oxygen atoms in total. The second-order valence-corrected chi connectivity index (χ2v) is 6.11. The van der Waals surface area contributed by atoms with E-state index in [1.165, 1.54) is 18.2 Å². The zero-order chi connectivity index (χ0) is 13.2. The maximum Gasteiger partial charge on any atom is 0.241 e. The first-order valence-corrected chi connectivity index (χ1v) is 7.15. The van der Waals surface area contributed by atoms with Gasteiger partial charge in [0, 0.05) is 22.4 Å². The quantitative estimate of drug-likeness (QED) is 0.909. The molecule has 0 bridgehead atoms. The van der Waals surface area contributed by atoms with Crippen molar-refractivity contribution in [2.45, 2.75) is 11.4 Å². The number of hydrogen-bond acceptors (Lipinski definition) is 3. The van der Waals surface area contributed by atoms with Gasteiger partial charge in [-0.15, -0.1) is 0 Å². The maximum atomic E-state index is 12.0. The lowest BCUT2D eigenvalue weighted by atomic mass is 10.4. The van der Waals surface area contributed by atoms with Gasteiger partial charge in [-0.05, 0) is 18.2 Å². The number of aromatic nitrogens is 2. The van der Waals surface area contributed by atoms with Gasteiger partial charge in [-0.1, -0.05) is 23.2 Å². The molecule has 2 aromatic rings. The van der Waals surface area contributed by atoms with Gasteiger partial charge in [0.05, 0.1) is 11.4 Å². The molecular weight excluding hydrogens is 297 g/mol. The standard InChI is InChI=1S/C10H9Cl2N3O2S/c11-7-3-8(12)5-9(4-7)18(16,17)15-6-10-13-1-2-14-10/h1-5,15H,6H2,(H,13,14). The number of hydrogen-bond donors (Lipinski definition) is 2. The Morgan fingerprint density at radius 3 is 2.44 bits per heavy atom. The number of sulfonamides is 1. The molecule has 2 rings (SSSR count). The summed E-state index contributed by atoms with van der Waals surface area (Å²) in [6.45, 7) is 0.0689. The lowest BCUT2D eigenvalue weighted by molar-refractivity contribution is 0.579. The van der Waals surface area contributed by atoms with Gasteiger partial charge < -0.3 is 4.98 Å². The van der Waals surface area contributed by atoms with E-state index in [0.717, 1.165) is 0 Å². The average molecular weight is 306 g/mol. The van der Waals surface area contributed by atoms with E-state index in [1.54, 1.807) is 12.4 Å². The predicted molar refractivity (Wildman–Crippen MR) is 69.1 cm³/mol. The molecule has 1 heterocycles. The molecule has 0 unspecified atom stereocenters. The number of rotatable bonds is 4. The Balaban J connectivity index is 2.20. The van der Waals surface area contributed by atoms with Crippen LogP contribution in [0.1, 0.15) is 5.82 Å². The van der Waals surface area contributed by atoms with Gasteiger partial charge >= 0.3 is 0 Å². The van der Waals surface area contributed by atoms with Crippen molar-refractivity contribution in [2.75, 3.05) is 0 Å². The van der Waals surface area contributed by atoms with Crippen molar-refractivity contribution in [1.29, 1.82) is 0 Å². The highest BCUT2D eigenvalue weighted by atomic mass is 35.5. The highest BCUT2D eigenvalue weighted by molar-refractivity contribution is 7.89. The summed E-state index contributed by atoms with van der Waals surface area (Å²) in [4.78, 5) is 6.73. The molecule has 1 aromatic heterocycles. The molecule has 0 spiro atoms. The molecule has 0 radical (unpaired) electrons. The van der Waals surface area contributed by atoms with Gasteiger partial charge in [0.2, 0.25) is 10.0 Å². The first-order valence-electron chi connectivity index (χ1n) is 4.91. The van der Waals surface area contributed by atoms with Crippen LogP contribution in [0.3, 0.4) is 0 Å². The maximum absolute atomic E-state index is 12.0. The minimum absolute atomic E-state index is 0.0200. The van der Waals surface area contributed by atoms with Gasteiger partial charge in [-0.2, -0.15) is 0 Å². The summed E-state index contributed by atoms with van der Waals surface area (Å²) >= 11 is 11.5. The Bertz CT molecular complexity index is 621. The summed E-state index contributed by atoms with van der Waals surface area (Å²) in [6.07, 6.45) is 3.15. The van der Waals surface area contributed by atoms with Crippen molar-refractivity contribution in [3.05, 3.63) is 46.5 Å². The van der Waals surface area contributed by atoms with Gasteiger partial charge in [-0.3, -0.25) is 0 Å². The molecule has 0 amide bonds. The fourth-order valence-corrected chi connectivity index (χ4v) is 3.04. The minimum Gasteiger partial charge on any atom is -0.347 e. The first kappa shape index (κ1) is 13.4.